The van der Waals surface area contributed by atoms with E-state index in [4.69, 9.17) is 9.97 Å². The Morgan fingerprint density at radius 1 is 0.371 bits per heavy atom. The summed E-state index contributed by atoms with van der Waals surface area (Å²) in [5, 5.41) is 9.81. The molecule has 0 atom stereocenters. The predicted octanol–water partition coefficient (Wildman–Crippen LogP) is 15.2. The number of nitriles is 1. The molecule has 3 heteroatoms. The van der Waals surface area contributed by atoms with Crippen molar-refractivity contribution < 1.29 is 0 Å². The zero-order valence-electron chi connectivity index (χ0n) is 34.4. The van der Waals surface area contributed by atoms with Crippen LogP contribution in [0.5, 0.6) is 0 Å². The summed E-state index contributed by atoms with van der Waals surface area (Å²) in [5.74, 6) is 0.704. The van der Waals surface area contributed by atoms with Gasteiger partial charge in [0.05, 0.1) is 23.0 Å². The van der Waals surface area contributed by atoms with Crippen LogP contribution in [0.3, 0.4) is 0 Å². The molecule has 3 nitrogen and oxygen atoms in total. The van der Waals surface area contributed by atoms with Gasteiger partial charge in [-0.3, -0.25) is 0 Å². The van der Waals surface area contributed by atoms with Crippen molar-refractivity contribution in [2.24, 2.45) is 0 Å². The molecule has 1 saturated carbocycles. The van der Waals surface area contributed by atoms with Crippen molar-refractivity contribution in [1.82, 2.24) is 9.97 Å². The molecule has 0 radical (unpaired) electrons. The molecule has 0 unspecified atom stereocenters. The molecule has 1 aromatic heterocycles. The molecule has 1 spiro atoms. The van der Waals surface area contributed by atoms with Crippen LogP contribution in [0, 0.1) is 11.3 Å². The summed E-state index contributed by atoms with van der Waals surface area (Å²) in [6.45, 7) is 0. The van der Waals surface area contributed by atoms with Gasteiger partial charge in [-0.05, 0) is 104 Å². The molecule has 11 rings (SSSR count). The van der Waals surface area contributed by atoms with E-state index in [1.54, 1.807) is 0 Å². The van der Waals surface area contributed by atoms with Crippen molar-refractivity contribution in [1.29, 1.82) is 5.26 Å². The summed E-state index contributed by atoms with van der Waals surface area (Å²) in [4.78, 5) is 10.2. The zero-order chi connectivity index (χ0) is 41.5. The van der Waals surface area contributed by atoms with Crippen LogP contribution in [-0.2, 0) is 5.41 Å². The molecule has 0 N–H and O–H groups in total. The SMILES string of the molecule is N#Cc1ccc2c(c1)C1(CCCCC1)c1cccc(-c3ccc(-c4ccc(-c5cccc(-c6cc(-c7ccc(-c8ccccc8)cc7)nc(-c7ccccc7)n6)c5)cc4)cc3)c1-2. The third-order valence-electron chi connectivity index (χ3n) is 13.2. The molecule has 0 saturated heterocycles. The highest BCUT2D eigenvalue weighted by Gasteiger charge is 2.44. The first-order chi connectivity index (χ1) is 30.6. The Morgan fingerprint density at radius 3 is 1.53 bits per heavy atom. The normalized spacial score (nSPS) is 13.6. The summed E-state index contributed by atoms with van der Waals surface area (Å²) in [6.07, 6.45) is 6.02. The Bertz CT molecular complexity index is 3120. The number of rotatable bonds is 7. The van der Waals surface area contributed by atoms with Gasteiger partial charge in [-0.15, -0.1) is 0 Å². The second-order valence-electron chi connectivity index (χ2n) is 16.8. The maximum Gasteiger partial charge on any atom is 0.160 e. The first-order valence-electron chi connectivity index (χ1n) is 21.7. The molecule has 0 amide bonds. The lowest BCUT2D eigenvalue weighted by Gasteiger charge is -2.36. The standard InChI is InChI=1S/C59H43N3/c60-39-40-20-33-52-54(36-40)59(34-8-3-9-35-59)53-19-11-18-51(57(52)53)46-29-25-44(26-30-46)43-21-23-45(24-22-43)49-16-10-17-50(37-49)56-38-55(61-58(62-56)48-14-6-2-7-15-48)47-31-27-42(28-32-47)41-12-4-1-5-13-41/h1-2,4-7,10-33,36-38H,3,8-9,34-35H2. The molecule has 1 fully saturated rings. The van der Waals surface area contributed by atoms with Crippen molar-refractivity contribution in [3.63, 3.8) is 0 Å². The van der Waals surface area contributed by atoms with Gasteiger partial charge in [0.25, 0.3) is 0 Å². The molecule has 2 aliphatic rings. The fourth-order valence-corrected chi connectivity index (χ4v) is 10.0. The van der Waals surface area contributed by atoms with E-state index in [0.717, 1.165) is 57.6 Å². The lowest BCUT2D eigenvalue weighted by molar-refractivity contribution is 0.353. The number of hydrogen-bond donors (Lipinski definition) is 0. The van der Waals surface area contributed by atoms with Crippen molar-refractivity contribution in [2.75, 3.05) is 0 Å². The largest absolute Gasteiger partial charge is 0.228 e. The second-order valence-corrected chi connectivity index (χ2v) is 16.8. The molecule has 1 heterocycles. The number of hydrogen-bond acceptors (Lipinski definition) is 3. The lowest BCUT2D eigenvalue weighted by atomic mass is 9.67. The molecule has 8 aromatic carbocycles. The maximum absolute atomic E-state index is 9.81. The summed E-state index contributed by atoms with van der Waals surface area (Å²) >= 11 is 0. The van der Waals surface area contributed by atoms with Crippen LogP contribution >= 0.6 is 0 Å². The number of fused-ring (bicyclic) bond motifs is 5. The molecule has 0 aliphatic heterocycles. The second kappa shape index (κ2) is 15.7. The van der Waals surface area contributed by atoms with Gasteiger partial charge < -0.3 is 0 Å². The van der Waals surface area contributed by atoms with Crippen molar-refractivity contribution in [2.45, 2.75) is 37.5 Å². The molecule has 9 aromatic rings. The average Bonchev–Trinajstić information content (AvgIpc) is 3.62. The van der Waals surface area contributed by atoms with Crippen LogP contribution in [0.15, 0.2) is 200 Å². The van der Waals surface area contributed by atoms with Crippen molar-refractivity contribution >= 4 is 0 Å². The van der Waals surface area contributed by atoms with Crippen LogP contribution in [0.25, 0.3) is 89.5 Å². The first-order valence-corrected chi connectivity index (χ1v) is 21.7. The number of benzene rings is 8. The van der Waals surface area contributed by atoms with Crippen molar-refractivity contribution in [3.8, 4) is 95.6 Å². The van der Waals surface area contributed by atoms with E-state index < -0.39 is 0 Å². The third kappa shape index (κ3) is 6.71. The van der Waals surface area contributed by atoms with Gasteiger partial charge in [0.1, 0.15) is 0 Å². The van der Waals surface area contributed by atoms with Crippen LogP contribution in [0.4, 0.5) is 0 Å². The number of aromatic nitrogens is 2. The Hall–Kier alpha value is -7.67. The summed E-state index contributed by atoms with van der Waals surface area (Å²) in [5.41, 5.74) is 20.5. The fraction of sp³-hybridized carbons (Fsp3) is 0.102. The van der Waals surface area contributed by atoms with Gasteiger partial charge in [-0.25, -0.2) is 9.97 Å². The predicted molar refractivity (Wildman–Crippen MR) is 254 cm³/mol. The van der Waals surface area contributed by atoms with Gasteiger partial charge in [0.2, 0.25) is 0 Å². The third-order valence-corrected chi connectivity index (χ3v) is 13.2. The van der Waals surface area contributed by atoms with E-state index in [1.165, 1.54) is 74.9 Å². The molecule has 2 aliphatic carbocycles. The van der Waals surface area contributed by atoms with Gasteiger partial charge in [-0.1, -0.05) is 195 Å². The minimum absolute atomic E-state index is 0.00570. The molecular formula is C59H43N3. The summed E-state index contributed by atoms with van der Waals surface area (Å²) in [7, 11) is 0. The van der Waals surface area contributed by atoms with Crippen LogP contribution in [-0.4, -0.2) is 9.97 Å². The highest BCUT2D eigenvalue weighted by Crippen LogP contribution is 2.58. The molecule has 294 valence electrons. The van der Waals surface area contributed by atoms with E-state index in [2.05, 4.69) is 176 Å². The lowest BCUT2D eigenvalue weighted by Crippen LogP contribution is -2.28. The quantitative estimate of drug-likeness (QED) is 0.161. The van der Waals surface area contributed by atoms with Gasteiger partial charge in [0.15, 0.2) is 5.82 Å². The average molecular weight is 794 g/mol. The van der Waals surface area contributed by atoms with E-state index in [1.807, 2.05) is 30.3 Å². The van der Waals surface area contributed by atoms with Crippen molar-refractivity contribution in [3.05, 3.63) is 217 Å². The number of nitrogens with zero attached hydrogens (tertiary/aromatic N) is 3. The highest BCUT2D eigenvalue weighted by atomic mass is 14.9. The minimum atomic E-state index is 0.00570. The van der Waals surface area contributed by atoms with Crippen LogP contribution in [0.1, 0.15) is 48.8 Å². The molecule has 0 bridgehead atoms. The molecular weight excluding hydrogens is 751 g/mol. The topological polar surface area (TPSA) is 49.6 Å². The monoisotopic (exact) mass is 793 g/mol. The van der Waals surface area contributed by atoms with Gasteiger partial charge in [0, 0.05) is 22.1 Å². The fourth-order valence-electron chi connectivity index (χ4n) is 10.0. The maximum atomic E-state index is 9.81. The Kier molecular flexibility index (Phi) is 9.48. The van der Waals surface area contributed by atoms with E-state index in [9.17, 15) is 5.26 Å². The van der Waals surface area contributed by atoms with E-state index in [0.29, 0.717) is 5.82 Å². The molecule has 62 heavy (non-hydrogen) atoms. The Balaban J connectivity index is 0.883. The Morgan fingerprint density at radius 2 is 0.887 bits per heavy atom. The highest BCUT2D eigenvalue weighted by molar-refractivity contribution is 5.93. The summed E-state index contributed by atoms with van der Waals surface area (Å²) in [6, 6.07) is 73.7. The van der Waals surface area contributed by atoms with Crippen LogP contribution < -0.4 is 0 Å². The zero-order valence-corrected chi connectivity index (χ0v) is 34.4. The summed E-state index contributed by atoms with van der Waals surface area (Å²) < 4.78 is 0. The minimum Gasteiger partial charge on any atom is -0.228 e. The van der Waals surface area contributed by atoms with Gasteiger partial charge in [-0.2, -0.15) is 5.26 Å². The Labute approximate surface area is 363 Å². The van der Waals surface area contributed by atoms with Gasteiger partial charge >= 0.3 is 0 Å². The van der Waals surface area contributed by atoms with Crippen LogP contribution in [0.2, 0.25) is 0 Å². The first kappa shape index (κ1) is 37.3. The van der Waals surface area contributed by atoms with E-state index in [-0.39, 0.29) is 5.41 Å². The smallest absolute Gasteiger partial charge is 0.160 e. The van der Waals surface area contributed by atoms with E-state index >= 15 is 0 Å².